The lowest BCUT2D eigenvalue weighted by atomic mass is 10.2. The highest BCUT2D eigenvalue weighted by molar-refractivity contribution is 5.91. The Bertz CT molecular complexity index is 951. The number of pyridine rings is 1. The van der Waals surface area contributed by atoms with Crippen LogP contribution in [0.2, 0.25) is 0 Å². The molecule has 0 bridgehead atoms. The summed E-state index contributed by atoms with van der Waals surface area (Å²) >= 11 is 0. The standard InChI is InChI=1S/C21H22N4O3/c1-27-19-8-6-16(15-20(19)28-2)7-9-21(26)23-12-14-25-13-10-18(24-25)17-5-3-4-11-22-17/h3-11,13,15H,12,14H2,1-2H3,(H,23,26)/b9-7+. The molecule has 2 aromatic heterocycles. The van der Waals surface area contributed by atoms with Crippen molar-refractivity contribution in [1.82, 2.24) is 20.1 Å². The van der Waals surface area contributed by atoms with Gasteiger partial charge in [-0.15, -0.1) is 0 Å². The van der Waals surface area contributed by atoms with Crippen LogP contribution in [0.4, 0.5) is 0 Å². The van der Waals surface area contributed by atoms with Gasteiger partial charge in [0.2, 0.25) is 5.91 Å². The molecule has 0 aliphatic carbocycles. The fourth-order valence-corrected chi connectivity index (χ4v) is 2.62. The second-order valence-corrected chi connectivity index (χ2v) is 5.92. The quantitative estimate of drug-likeness (QED) is 0.610. The maximum Gasteiger partial charge on any atom is 0.244 e. The summed E-state index contributed by atoms with van der Waals surface area (Å²) in [7, 11) is 3.16. The number of methoxy groups -OCH3 is 2. The zero-order valence-corrected chi connectivity index (χ0v) is 15.8. The number of amides is 1. The lowest BCUT2D eigenvalue weighted by molar-refractivity contribution is -0.116. The summed E-state index contributed by atoms with van der Waals surface area (Å²) in [5.74, 6) is 1.09. The van der Waals surface area contributed by atoms with Crippen LogP contribution >= 0.6 is 0 Å². The van der Waals surface area contributed by atoms with Crippen molar-refractivity contribution in [3.05, 3.63) is 66.5 Å². The summed E-state index contributed by atoms with van der Waals surface area (Å²) in [6.45, 7) is 1.04. The number of hydrogen-bond donors (Lipinski definition) is 1. The van der Waals surface area contributed by atoms with Crippen LogP contribution in [0.3, 0.4) is 0 Å². The van der Waals surface area contributed by atoms with Crippen LogP contribution in [0, 0.1) is 0 Å². The first-order valence-electron chi connectivity index (χ1n) is 8.82. The summed E-state index contributed by atoms with van der Waals surface area (Å²) < 4.78 is 12.2. The van der Waals surface area contributed by atoms with E-state index in [1.54, 1.807) is 37.2 Å². The number of nitrogens with one attached hydrogen (secondary N) is 1. The highest BCUT2D eigenvalue weighted by Crippen LogP contribution is 2.27. The Labute approximate surface area is 163 Å². The van der Waals surface area contributed by atoms with Crippen LogP contribution < -0.4 is 14.8 Å². The number of benzene rings is 1. The van der Waals surface area contributed by atoms with Crippen LogP contribution in [0.25, 0.3) is 17.5 Å². The molecule has 0 aliphatic rings. The van der Waals surface area contributed by atoms with Gasteiger partial charge in [-0.2, -0.15) is 5.10 Å². The predicted molar refractivity (Wildman–Crippen MR) is 107 cm³/mol. The molecule has 7 nitrogen and oxygen atoms in total. The molecule has 0 saturated carbocycles. The van der Waals surface area contributed by atoms with Gasteiger partial charge in [-0.05, 0) is 42.0 Å². The van der Waals surface area contributed by atoms with Gasteiger partial charge in [-0.1, -0.05) is 12.1 Å². The fourth-order valence-electron chi connectivity index (χ4n) is 2.62. The SMILES string of the molecule is COc1ccc(/C=C/C(=O)NCCn2ccc(-c3ccccn3)n2)cc1OC. The first-order chi connectivity index (χ1) is 13.7. The lowest BCUT2D eigenvalue weighted by Gasteiger charge is -2.07. The van der Waals surface area contributed by atoms with E-state index in [1.165, 1.54) is 6.08 Å². The molecule has 1 amide bonds. The molecule has 1 N–H and O–H groups in total. The maximum atomic E-state index is 12.0. The first kappa shape index (κ1) is 19.2. The van der Waals surface area contributed by atoms with E-state index in [1.807, 2.05) is 42.6 Å². The van der Waals surface area contributed by atoms with Gasteiger partial charge in [-0.25, -0.2) is 0 Å². The molecule has 0 radical (unpaired) electrons. The van der Waals surface area contributed by atoms with Crippen molar-refractivity contribution in [2.24, 2.45) is 0 Å². The third-order valence-corrected chi connectivity index (χ3v) is 4.04. The van der Waals surface area contributed by atoms with Gasteiger partial charge in [0, 0.05) is 25.0 Å². The van der Waals surface area contributed by atoms with Crippen molar-refractivity contribution in [2.75, 3.05) is 20.8 Å². The lowest BCUT2D eigenvalue weighted by Crippen LogP contribution is -2.25. The molecule has 3 aromatic rings. The zero-order chi connectivity index (χ0) is 19.8. The number of hydrogen-bond acceptors (Lipinski definition) is 5. The number of nitrogens with zero attached hydrogens (tertiary/aromatic N) is 3. The van der Waals surface area contributed by atoms with E-state index in [-0.39, 0.29) is 5.91 Å². The minimum atomic E-state index is -0.174. The number of rotatable bonds is 8. The number of carbonyl (C=O) groups excluding carboxylic acids is 1. The summed E-state index contributed by atoms with van der Waals surface area (Å²) in [6.07, 6.45) is 6.82. The molecule has 0 unspecified atom stereocenters. The van der Waals surface area contributed by atoms with Crippen molar-refractivity contribution in [2.45, 2.75) is 6.54 Å². The van der Waals surface area contributed by atoms with E-state index < -0.39 is 0 Å². The number of carbonyl (C=O) groups is 1. The largest absolute Gasteiger partial charge is 0.493 e. The van der Waals surface area contributed by atoms with Crippen molar-refractivity contribution in [3.8, 4) is 22.9 Å². The molecular weight excluding hydrogens is 356 g/mol. The van der Waals surface area contributed by atoms with E-state index in [9.17, 15) is 4.79 Å². The summed E-state index contributed by atoms with van der Waals surface area (Å²) in [4.78, 5) is 16.3. The van der Waals surface area contributed by atoms with Gasteiger partial charge in [-0.3, -0.25) is 14.5 Å². The number of ether oxygens (including phenoxy) is 2. The summed E-state index contributed by atoms with van der Waals surface area (Å²) in [5.41, 5.74) is 2.48. The predicted octanol–water partition coefficient (Wildman–Crippen LogP) is 2.79. The second kappa shape index (κ2) is 9.36. The molecule has 28 heavy (non-hydrogen) atoms. The van der Waals surface area contributed by atoms with Crippen LogP contribution in [0.15, 0.2) is 60.9 Å². The number of aromatic nitrogens is 3. The monoisotopic (exact) mass is 378 g/mol. The maximum absolute atomic E-state index is 12.0. The molecule has 0 fully saturated rings. The molecule has 144 valence electrons. The third-order valence-electron chi connectivity index (χ3n) is 4.04. The molecule has 7 heteroatoms. The molecule has 0 aliphatic heterocycles. The van der Waals surface area contributed by atoms with Crippen LogP contribution in [-0.4, -0.2) is 41.4 Å². The van der Waals surface area contributed by atoms with Crippen LogP contribution in [-0.2, 0) is 11.3 Å². The second-order valence-electron chi connectivity index (χ2n) is 5.92. The van der Waals surface area contributed by atoms with E-state index >= 15 is 0 Å². The van der Waals surface area contributed by atoms with E-state index in [4.69, 9.17) is 9.47 Å². The van der Waals surface area contributed by atoms with Gasteiger partial charge in [0.05, 0.1) is 26.5 Å². The van der Waals surface area contributed by atoms with Crippen LogP contribution in [0.5, 0.6) is 11.5 Å². The van der Waals surface area contributed by atoms with Crippen molar-refractivity contribution in [3.63, 3.8) is 0 Å². The topological polar surface area (TPSA) is 78.3 Å². The highest BCUT2D eigenvalue weighted by Gasteiger charge is 2.04. The van der Waals surface area contributed by atoms with E-state index in [2.05, 4.69) is 15.4 Å². The molecule has 0 saturated heterocycles. The van der Waals surface area contributed by atoms with Gasteiger partial charge in [0.25, 0.3) is 0 Å². The smallest absolute Gasteiger partial charge is 0.244 e. The molecular formula is C21H22N4O3. The van der Waals surface area contributed by atoms with E-state index in [0.717, 1.165) is 17.0 Å². The average molecular weight is 378 g/mol. The fraction of sp³-hybridized carbons (Fsp3) is 0.190. The minimum Gasteiger partial charge on any atom is -0.493 e. The van der Waals surface area contributed by atoms with Crippen molar-refractivity contribution < 1.29 is 14.3 Å². The molecule has 2 heterocycles. The van der Waals surface area contributed by atoms with Gasteiger partial charge >= 0.3 is 0 Å². The normalized spacial score (nSPS) is 10.8. The van der Waals surface area contributed by atoms with Gasteiger partial charge in [0.15, 0.2) is 11.5 Å². The van der Waals surface area contributed by atoms with Crippen LogP contribution in [0.1, 0.15) is 5.56 Å². The Morgan fingerprint density at radius 3 is 2.71 bits per heavy atom. The molecule has 3 rings (SSSR count). The Morgan fingerprint density at radius 2 is 1.96 bits per heavy atom. The first-order valence-corrected chi connectivity index (χ1v) is 8.82. The Kier molecular flexibility index (Phi) is 6.41. The minimum absolute atomic E-state index is 0.174. The summed E-state index contributed by atoms with van der Waals surface area (Å²) in [6, 6.07) is 13.1. The highest BCUT2D eigenvalue weighted by atomic mass is 16.5. The third kappa shape index (κ3) is 4.97. The Hall–Kier alpha value is -3.61. The average Bonchev–Trinajstić information content (AvgIpc) is 3.21. The van der Waals surface area contributed by atoms with Gasteiger partial charge in [0.1, 0.15) is 5.69 Å². The molecule has 1 aromatic carbocycles. The van der Waals surface area contributed by atoms with Crippen molar-refractivity contribution in [1.29, 1.82) is 0 Å². The molecule has 0 atom stereocenters. The Morgan fingerprint density at radius 1 is 1.11 bits per heavy atom. The Balaban J connectivity index is 1.50. The van der Waals surface area contributed by atoms with Gasteiger partial charge < -0.3 is 14.8 Å². The van der Waals surface area contributed by atoms with Crippen molar-refractivity contribution >= 4 is 12.0 Å². The molecule has 0 spiro atoms. The summed E-state index contributed by atoms with van der Waals surface area (Å²) in [5, 5.41) is 7.31. The zero-order valence-electron chi connectivity index (χ0n) is 15.8. The van der Waals surface area contributed by atoms with E-state index in [0.29, 0.717) is 24.6 Å².